The predicted molar refractivity (Wildman–Crippen MR) is 97.8 cm³/mol. The normalized spacial score (nSPS) is 20.9. The van der Waals surface area contributed by atoms with Gasteiger partial charge in [0.2, 0.25) is 5.91 Å². The van der Waals surface area contributed by atoms with Gasteiger partial charge in [0.25, 0.3) is 5.91 Å². The smallest absolute Gasteiger partial charge is 0.253 e. The number of hydrogen-bond acceptors (Lipinski definition) is 5. The van der Waals surface area contributed by atoms with Crippen LogP contribution in [0.25, 0.3) is 0 Å². The molecular formula is C18H21ClN4O4. The summed E-state index contributed by atoms with van der Waals surface area (Å²) in [5.74, 6) is -0.761. The van der Waals surface area contributed by atoms with Crippen LogP contribution in [0.1, 0.15) is 23.7 Å². The van der Waals surface area contributed by atoms with E-state index in [0.717, 1.165) is 5.56 Å². The molecule has 144 valence electrons. The van der Waals surface area contributed by atoms with E-state index in [-0.39, 0.29) is 18.9 Å². The van der Waals surface area contributed by atoms with Crippen molar-refractivity contribution < 1.29 is 19.8 Å². The number of aliphatic hydroxyl groups excluding tert-OH is 2. The van der Waals surface area contributed by atoms with Gasteiger partial charge in [-0.05, 0) is 29.7 Å². The molecule has 0 saturated carbocycles. The van der Waals surface area contributed by atoms with Crippen molar-refractivity contribution in [3.63, 3.8) is 0 Å². The number of carbonyl (C=O) groups excluding carboxylic acids is 2. The number of halogens is 1. The minimum Gasteiger partial charge on any atom is -0.391 e. The standard InChI is InChI=1S/C18H21ClN4O4/c19-13-3-1-2-12(7-13)17(26)18(27)22-14-10-23(5-4-15(14)24)16(25)6-11-8-20-21-9-11/h1-3,7-9,14-15,17,24,26H,4-6,10H2,(H,20,21)(H,22,27)/t14-,15-,17?/m1/s1. The van der Waals surface area contributed by atoms with Gasteiger partial charge in [0.1, 0.15) is 0 Å². The zero-order chi connectivity index (χ0) is 19.4. The van der Waals surface area contributed by atoms with Crippen molar-refractivity contribution in [1.29, 1.82) is 0 Å². The number of nitrogens with one attached hydrogen (secondary N) is 2. The van der Waals surface area contributed by atoms with Gasteiger partial charge in [-0.25, -0.2) is 0 Å². The van der Waals surface area contributed by atoms with E-state index in [1.165, 1.54) is 6.07 Å². The monoisotopic (exact) mass is 392 g/mol. The van der Waals surface area contributed by atoms with Crippen LogP contribution in [-0.2, 0) is 16.0 Å². The van der Waals surface area contributed by atoms with Gasteiger partial charge in [-0.3, -0.25) is 14.7 Å². The van der Waals surface area contributed by atoms with Crippen molar-refractivity contribution in [1.82, 2.24) is 20.4 Å². The SMILES string of the molecule is O=C(N[C@@H]1CN(C(=O)Cc2cn[nH]c2)CC[C@H]1O)C(O)c1cccc(Cl)c1. The molecule has 1 unspecified atom stereocenters. The molecule has 2 amide bonds. The van der Waals surface area contributed by atoms with Crippen LogP contribution < -0.4 is 5.32 Å². The molecule has 0 radical (unpaired) electrons. The van der Waals surface area contributed by atoms with E-state index in [9.17, 15) is 19.8 Å². The highest BCUT2D eigenvalue weighted by Gasteiger charge is 2.32. The van der Waals surface area contributed by atoms with E-state index < -0.39 is 24.2 Å². The third kappa shape index (κ3) is 4.85. The Balaban J connectivity index is 1.61. The molecule has 1 aromatic carbocycles. The van der Waals surface area contributed by atoms with Crippen molar-refractivity contribution in [2.45, 2.75) is 31.1 Å². The van der Waals surface area contributed by atoms with Gasteiger partial charge < -0.3 is 20.4 Å². The molecule has 27 heavy (non-hydrogen) atoms. The number of rotatable bonds is 5. The summed E-state index contributed by atoms with van der Waals surface area (Å²) in [5, 5.41) is 29.9. The second-order valence-electron chi connectivity index (χ2n) is 6.55. The first-order chi connectivity index (χ1) is 12.9. The number of carbonyl (C=O) groups is 2. The Morgan fingerprint density at radius 1 is 1.44 bits per heavy atom. The first-order valence-corrected chi connectivity index (χ1v) is 8.99. The number of likely N-dealkylation sites (tertiary alicyclic amines) is 1. The van der Waals surface area contributed by atoms with E-state index in [4.69, 9.17) is 11.6 Å². The first kappa shape index (κ1) is 19.3. The van der Waals surface area contributed by atoms with E-state index in [1.807, 2.05) is 0 Å². The van der Waals surface area contributed by atoms with Crippen LogP contribution in [0.15, 0.2) is 36.7 Å². The van der Waals surface area contributed by atoms with Crippen molar-refractivity contribution in [2.24, 2.45) is 0 Å². The summed E-state index contributed by atoms with van der Waals surface area (Å²) in [7, 11) is 0. The Hall–Kier alpha value is -2.42. The zero-order valence-corrected chi connectivity index (χ0v) is 15.3. The Bertz CT molecular complexity index is 798. The van der Waals surface area contributed by atoms with Crippen LogP contribution in [0, 0.1) is 0 Å². The van der Waals surface area contributed by atoms with Crippen LogP contribution in [0.5, 0.6) is 0 Å². The van der Waals surface area contributed by atoms with Crippen molar-refractivity contribution >= 4 is 23.4 Å². The molecule has 0 aliphatic carbocycles. The number of hydrogen-bond donors (Lipinski definition) is 4. The molecule has 4 N–H and O–H groups in total. The fourth-order valence-corrected chi connectivity index (χ4v) is 3.26. The fourth-order valence-electron chi connectivity index (χ4n) is 3.06. The number of H-pyrrole nitrogens is 1. The van der Waals surface area contributed by atoms with Crippen molar-refractivity contribution in [3.8, 4) is 0 Å². The topological polar surface area (TPSA) is 119 Å². The molecular weight excluding hydrogens is 372 g/mol. The van der Waals surface area contributed by atoms with Crippen LogP contribution >= 0.6 is 11.6 Å². The summed E-state index contributed by atoms with van der Waals surface area (Å²) in [6.07, 6.45) is 1.56. The van der Waals surface area contributed by atoms with Crippen LogP contribution in [-0.4, -0.2) is 62.4 Å². The summed E-state index contributed by atoms with van der Waals surface area (Å²) < 4.78 is 0. The first-order valence-electron chi connectivity index (χ1n) is 8.61. The van der Waals surface area contributed by atoms with E-state index >= 15 is 0 Å². The lowest BCUT2D eigenvalue weighted by atomic mass is 10.0. The molecule has 1 fully saturated rings. The number of benzene rings is 1. The van der Waals surface area contributed by atoms with E-state index in [1.54, 1.807) is 35.5 Å². The number of aromatic amines is 1. The third-order valence-corrected chi connectivity index (χ3v) is 4.81. The molecule has 2 heterocycles. The Kier molecular flexibility index (Phi) is 6.10. The van der Waals surface area contributed by atoms with Gasteiger partial charge in [-0.15, -0.1) is 0 Å². The molecule has 8 nitrogen and oxygen atoms in total. The summed E-state index contributed by atoms with van der Waals surface area (Å²) in [5.41, 5.74) is 1.13. The average Bonchev–Trinajstić information content (AvgIpc) is 3.15. The number of amides is 2. The molecule has 2 aromatic rings. The maximum Gasteiger partial charge on any atom is 0.253 e. The van der Waals surface area contributed by atoms with Gasteiger partial charge in [-0.2, -0.15) is 5.10 Å². The average molecular weight is 393 g/mol. The Morgan fingerprint density at radius 2 is 2.26 bits per heavy atom. The molecule has 1 aliphatic rings. The number of piperidine rings is 1. The Morgan fingerprint density at radius 3 is 2.96 bits per heavy atom. The molecule has 1 aromatic heterocycles. The summed E-state index contributed by atoms with van der Waals surface area (Å²) in [4.78, 5) is 26.4. The van der Waals surface area contributed by atoms with Crippen molar-refractivity contribution in [3.05, 3.63) is 52.8 Å². The summed E-state index contributed by atoms with van der Waals surface area (Å²) >= 11 is 5.89. The number of nitrogens with zero attached hydrogens (tertiary/aromatic N) is 2. The van der Waals surface area contributed by atoms with Crippen LogP contribution in [0.4, 0.5) is 0 Å². The number of aromatic nitrogens is 2. The van der Waals surface area contributed by atoms with E-state index in [2.05, 4.69) is 15.5 Å². The lowest BCUT2D eigenvalue weighted by Crippen LogP contribution is -2.57. The minimum atomic E-state index is -1.41. The largest absolute Gasteiger partial charge is 0.391 e. The molecule has 1 aliphatic heterocycles. The number of aliphatic hydroxyl groups is 2. The molecule has 0 spiro atoms. The second kappa shape index (κ2) is 8.51. The fraction of sp³-hybridized carbons (Fsp3) is 0.389. The molecule has 3 rings (SSSR count). The second-order valence-corrected chi connectivity index (χ2v) is 6.99. The maximum atomic E-state index is 12.4. The summed E-state index contributed by atoms with van der Waals surface area (Å²) in [6, 6.07) is 5.72. The van der Waals surface area contributed by atoms with Crippen molar-refractivity contribution in [2.75, 3.05) is 13.1 Å². The van der Waals surface area contributed by atoms with Gasteiger partial charge in [0.05, 0.1) is 24.8 Å². The zero-order valence-electron chi connectivity index (χ0n) is 14.5. The highest BCUT2D eigenvalue weighted by Crippen LogP contribution is 2.19. The Labute approximate surface area is 161 Å². The highest BCUT2D eigenvalue weighted by molar-refractivity contribution is 6.30. The van der Waals surface area contributed by atoms with Crippen LogP contribution in [0.3, 0.4) is 0 Å². The van der Waals surface area contributed by atoms with Gasteiger partial charge in [0, 0.05) is 24.3 Å². The molecule has 9 heteroatoms. The van der Waals surface area contributed by atoms with Gasteiger partial charge in [0.15, 0.2) is 6.10 Å². The molecule has 1 saturated heterocycles. The third-order valence-electron chi connectivity index (χ3n) is 4.58. The highest BCUT2D eigenvalue weighted by atomic mass is 35.5. The van der Waals surface area contributed by atoms with Crippen LogP contribution in [0.2, 0.25) is 5.02 Å². The summed E-state index contributed by atoms with van der Waals surface area (Å²) in [6.45, 7) is 0.576. The predicted octanol–water partition coefficient (Wildman–Crippen LogP) is 0.417. The van der Waals surface area contributed by atoms with Gasteiger partial charge in [-0.1, -0.05) is 23.7 Å². The lowest BCUT2D eigenvalue weighted by molar-refractivity contribution is -0.137. The van der Waals surface area contributed by atoms with E-state index in [0.29, 0.717) is 23.6 Å². The molecule has 0 bridgehead atoms. The molecule has 3 atom stereocenters. The van der Waals surface area contributed by atoms with Gasteiger partial charge >= 0.3 is 0 Å². The quantitative estimate of drug-likeness (QED) is 0.588. The lowest BCUT2D eigenvalue weighted by Gasteiger charge is -2.37. The minimum absolute atomic E-state index is 0.113. The maximum absolute atomic E-state index is 12.4.